The number of nitrogens with zero attached hydrogens (tertiary/aromatic N) is 4. The molecule has 4 rings (SSSR count). The average Bonchev–Trinajstić information content (AvgIpc) is 3.15. The summed E-state index contributed by atoms with van der Waals surface area (Å²) in [7, 11) is 0. The predicted molar refractivity (Wildman–Crippen MR) is 105 cm³/mol. The first-order valence-electron chi connectivity index (χ1n) is 8.45. The van der Waals surface area contributed by atoms with Crippen molar-refractivity contribution in [2.45, 2.75) is 26.8 Å². The van der Waals surface area contributed by atoms with Crippen LogP contribution in [0.15, 0.2) is 34.6 Å². The van der Waals surface area contributed by atoms with Crippen molar-refractivity contribution in [3.05, 3.63) is 63.0 Å². The third kappa shape index (κ3) is 2.87. The first-order valence-corrected chi connectivity index (χ1v) is 9.71. The van der Waals surface area contributed by atoms with E-state index < -0.39 is 17.9 Å². The number of fused-ring (bicyclic) bond motifs is 3. The van der Waals surface area contributed by atoms with E-state index in [0.717, 1.165) is 27.4 Å². The molecule has 138 valence electrons. The number of benzene rings is 1. The molecule has 3 aromatic rings. The monoisotopic (exact) mass is 400 g/mol. The second kappa shape index (κ2) is 6.58. The maximum atomic E-state index is 11.8. The number of thiophene rings is 1. The molecule has 1 unspecified atom stereocenters. The maximum absolute atomic E-state index is 11.8. The number of carboxylic acids is 1. The fraction of sp³-hybridized carbons (Fsp3) is 0.263. The van der Waals surface area contributed by atoms with Gasteiger partial charge in [-0.2, -0.15) is 0 Å². The smallest absolute Gasteiger partial charge is 0.308 e. The van der Waals surface area contributed by atoms with Crippen LogP contribution >= 0.6 is 22.9 Å². The number of hydrogen-bond acceptors (Lipinski definition) is 5. The number of aliphatic carboxylic acids is 1. The topological polar surface area (TPSA) is 80.4 Å². The van der Waals surface area contributed by atoms with E-state index >= 15 is 0 Å². The molecule has 8 heteroatoms. The van der Waals surface area contributed by atoms with Crippen molar-refractivity contribution in [1.82, 2.24) is 14.8 Å². The zero-order chi connectivity index (χ0) is 19.3. The number of hydrogen-bond donors (Lipinski definition) is 1. The van der Waals surface area contributed by atoms with Crippen LogP contribution in [0.3, 0.4) is 0 Å². The number of carboxylic acid groups (broad SMARTS) is 1. The van der Waals surface area contributed by atoms with Gasteiger partial charge in [0, 0.05) is 16.1 Å². The highest BCUT2D eigenvalue weighted by atomic mass is 35.5. The van der Waals surface area contributed by atoms with Crippen LogP contribution in [-0.2, 0) is 4.79 Å². The lowest BCUT2D eigenvalue weighted by molar-refractivity contribution is -0.141. The zero-order valence-corrected chi connectivity index (χ0v) is 16.5. The Morgan fingerprint density at radius 2 is 1.96 bits per heavy atom. The van der Waals surface area contributed by atoms with E-state index in [1.807, 2.05) is 42.7 Å². The van der Waals surface area contributed by atoms with Gasteiger partial charge < -0.3 is 5.11 Å². The van der Waals surface area contributed by atoms with Gasteiger partial charge >= 0.3 is 5.97 Å². The van der Waals surface area contributed by atoms with E-state index in [0.29, 0.717) is 16.7 Å². The molecule has 1 aromatic carbocycles. The minimum Gasteiger partial charge on any atom is -0.481 e. The Balaban J connectivity index is 2.03. The lowest BCUT2D eigenvalue weighted by Crippen LogP contribution is -2.21. The van der Waals surface area contributed by atoms with Crippen LogP contribution in [0.4, 0.5) is 0 Å². The minimum absolute atomic E-state index is 0.550. The summed E-state index contributed by atoms with van der Waals surface area (Å²) in [5.74, 6) is -0.407. The van der Waals surface area contributed by atoms with E-state index in [9.17, 15) is 9.90 Å². The van der Waals surface area contributed by atoms with Gasteiger partial charge in [0.05, 0.1) is 11.6 Å². The molecule has 0 radical (unpaired) electrons. The Bertz CT molecular complexity index is 1070. The van der Waals surface area contributed by atoms with Gasteiger partial charge in [-0.25, -0.2) is 0 Å². The van der Waals surface area contributed by atoms with Crippen molar-refractivity contribution in [2.75, 3.05) is 0 Å². The van der Waals surface area contributed by atoms with Crippen LogP contribution in [-0.4, -0.2) is 31.6 Å². The highest BCUT2D eigenvalue weighted by Gasteiger charge is 2.35. The minimum atomic E-state index is -0.923. The maximum Gasteiger partial charge on any atom is 0.308 e. The number of aryl methyl sites for hydroxylation is 2. The lowest BCUT2D eigenvalue weighted by atomic mass is 9.99. The van der Waals surface area contributed by atoms with E-state index in [1.54, 1.807) is 18.3 Å². The molecular weight excluding hydrogens is 384 g/mol. The molecule has 0 amide bonds. The van der Waals surface area contributed by atoms with Crippen molar-refractivity contribution >= 4 is 34.6 Å². The van der Waals surface area contributed by atoms with Crippen molar-refractivity contribution < 1.29 is 9.90 Å². The molecule has 0 fully saturated rings. The molecule has 0 aliphatic carbocycles. The van der Waals surface area contributed by atoms with Crippen LogP contribution in [0.5, 0.6) is 0 Å². The van der Waals surface area contributed by atoms with Crippen LogP contribution in [0.2, 0.25) is 5.02 Å². The molecule has 1 aliphatic heterocycles. The Morgan fingerprint density at radius 1 is 1.26 bits per heavy atom. The first-order chi connectivity index (χ1) is 12.9. The Morgan fingerprint density at radius 3 is 2.63 bits per heavy atom. The largest absolute Gasteiger partial charge is 0.481 e. The molecule has 3 heterocycles. The molecule has 27 heavy (non-hydrogen) atoms. The molecule has 2 aromatic heterocycles. The summed E-state index contributed by atoms with van der Waals surface area (Å²) in [6.07, 6.45) is 0. The highest BCUT2D eigenvalue weighted by molar-refractivity contribution is 7.13. The van der Waals surface area contributed by atoms with E-state index in [2.05, 4.69) is 15.6 Å². The predicted octanol–water partition coefficient (Wildman–Crippen LogP) is 4.21. The second-order valence-electron chi connectivity index (χ2n) is 6.60. The van der Waals surface area contributed by atoms with Gasteiger partial charge in [-0.15, -0.1) is 21.5 Å². The summed E-state index contributed by atoms with van der Waals surface area (Å²) in [5.41, 5.74) is 3.70. The standard InChI is InChI=1S/C19H17ClN4O2S/c1-9-8-27-18-14(9)16(12-4-6-13(20)7-5-12)21-15(10(2)19(25)26)17-23-22-11(3)24(17)18/h4-8,10,15H,1-3H3,(H,25,26)/t10-,15?/m0/s1. The van der Waals surface area contributed by atoms with Crippen LogP contribution in [0.25, 0.3) is 5.00 Å². The quantitative estimate of drug-likeness (QED) is 0.714. The summed E-state index contributed by atoms with van der Waals surface area (Å²) in [6.45, 7) is 5.54. The van der Waals surface area contributed by atoms with Gasteiger partial charge in [-0.05, 0) is 43.8 Å². The van der Waals surface area contributed by atoms with Gasteiger partial charge in [0.2, 0.25) is 0 Å². The highest BCUT2D eigenvalue weighted by Crippen LogP contribution is 2.38. The fourth-order valence-corrected chi connectivity index (χ4v) is 4.50. The van der Waals surface area contributed by atoms with Crippen LogP contribution < -0.4 is 0 Å². The number of rotatable bonds is 3. The third-order valence-electron chi connectivity index (χ3n) is 4.76. The third-order valence-corrected chi connectivity index (χ3v) is 6.09. The molecule has 0 saturated heterocycles. The normalized spacial score (nSPS) is 16.9. The van der Waals surface area contributed by atoms with Gasteiger partial charge in [0.25, 0.3) is 0 Å². The molecular formula is C19H17ClN4O2S. The summed E-state index contributed by atoms with van der Waals surface area (Å²) >= 11 is 7.63. The van der Waals surface area contributed by atoms with Crippen molar-refractivity contribution in [3.8, 4) is 5.00 Å². The molecule has 0 spiro atoms. The van der Waals surface area contributed by atoms with Crippen molar-refractivity contribution in [2.24, 2.45) is 10.9 Å². The van der Waals surface area contributed by atoms with Crippen LogP contribution in [0, 0.1) is 19.8 Å². The Labute approximate surface area is 165 Å². The number of halogens is 1. The first kappa shape index (κ1) is 17.9. The molecule has 2 atom stereocenters. The van der Waals surface area contributed by atoms with E-state index in [-0.39, 0.29) is 0 Å². The van der Waals surface area contributed by atoms with Crippen molar-refractivity contribution in [1.29, 1.82) is 0 Å². The molecule has 0 saturated carbocycles. The second-order valence-corrected chi connectivity index (χ2v) is 7.89. The summed E-state index contributed by atoms with van der Waals surface area (Å²) in [5, 5.41) is 21.8. The van der Waals surface area contributed by atoms with Crippen molar-refractivity contribution in [3.63, 3.8) is 0 Å². The number of carbonyl (C=O) groups is 1. The van der Waals surface area contributed by atoms with Gasteiger partial charge in [0.15, 0.2) is 5.82 Å². The zero-order valence-electron chi connectivity index (χ0n) is 15.0. The molecule has 1 aliphatic rings. The van der Waals surface area contributed by atoms with E-state index in [4.69, 9.17) is 16.6 Å². The van der Waals surface area contributed by atoms with Gasteiger partial charge in [0.1, 0.15) is 16.9 Å². The lowest BCUT2D eigenvalue weighted by Gasteiger charge is -2.16. The van der Waals surface area contributed by atoms with E-state index in [1.165, 1.54) is 0 Å². The Hall–Kier alpha value is -2.51. The molecule has 6 nitrogen and oxygen atoms in total. The van der Waals surface area contributed by atoms with Crippen LogP contribution in [0.1, 0.15) is 41.3 Å². The summed E-state index contributed by atoms with van der Waals surface area (Å²) in [4.78, 5) is 16.7. The molecule has 0 bridgehead atoms. The SMILES string of the molecule is Cc1csc2c1C(c1ccc(Cl)cc1)=NC([C@H](C)C(=O)O)c1nnc(C)n1-2. The fourth-order valence-electron chi connectivity index (χ4n) is 3.26. The number of aliphatic imine (C=N–C) groups is 1. The summed E-state index contributed by atoms with van der Waals surface area (Å²) in [6, 6.07) is 6.79. The number of aromatic nitrogens is 3. The average molecular weight is 401 g/mol. The molecule has 1 N–H and O–H groups in total. The Kier molecular flexibility index (Phi) is 4.36. The van der Waals surface area contributed by atoms with Gasteiger partial charge in [-0.3, -0.25) is 14.4 Å². The summed E-state index contributed by atoms with van der Waals surface area (Å²) < 4.78 is 1.93. The van der Waals surface area contributed by atoms with Gasteiger partial charge in [-0.1, -0.05) is 23.7 Å².